The predicted molar refractivity (Wildman–Crippen MR) is 59.3 cm³/mol. The molecule has 0 saturated carbocycles. The highest BCUT2D eigenvalue weighted by Gasteiger charge is 2.37. The number of hydrogen-bond donors (Lipinski definition) is 1. The van der Waals surface area contributed by atoms with E-state index in [9.17, 15) is 4.79 Å². The molecule has 0 aromatic heterocycles. The van der Waals surface area contributed by atoms with Crippen LogP contribution in [0.2, 0.25) is 0 Å². The van der Waals surface area contributed by atoms with Gasteiger partial charge in [0.2, 0.25) is 0 Å². The van der Waals surface area contributed by atoms with Crippen molar-refractivity contribution in [3.05, 3.63) is 12.7 Å². The predicted octanol–water partition coefficient (Wildman–Crippen LogP) is 2.44. The molecule has 1 atom stereocenters. The fourth-order valence-corrected chi connectivity index (χ4v) is 2.19. The number of rotatable bonds is 6. The first-order valence-corrected chi connectivity index (χ1v) is 5.64. The zero-order valence-corrected chi connectivity index (χ0v) is 9.14. The van der Waals surface area contributed by atoms with Gasteiger partial charge >= 0.3 is 0 Å². The molecule has 1 unspecified atom stereocenters. The second-order valence-electron chi connectivity index (χ2n) is 4.07. The molecule has 1 saturated heterocycles. The molecule has 1 aliphatic rings. The van der Waals surface area contributed by atoms with E-state index >= 15 is 0 Å². The van der Waals surface area contributed by atoms with Crippen LogP contribution in [0.3, 0.4) is 0 Å². The van der Waals surface area contributed by atoms with E-state index in [0.717, 1.165) is 38.6 Å². The van der Waals surface area contributed by atoms with Gasteiger partial charge in [0.1, 0.15) is 0 Å². The van der Waals surface area contributed by atoms with Crippen molar-refractivity contribution in [2.45, 2.75) is 51.0 Å². The van der Waals surface area contributed by atoms with Crippen LogP contribution in [0.5, 0.6) is 0 Å². The molecule has 1 rings (SSSR count). The van der Waals surface area contributed by atoms with E-state index in [1.54, 1.807) is 0 Å². The number of Topliss-reactive ketones (excluding diaryl/α,β-unsaturated/α-hetero) is 1. The molecule has 80 valence electrons. The molecule has 1 heterocycles. The van der Waals surface area contributed by atoms with Crippen molar-refractivity contribution in [1.82, 2.24) is 5.32 Å². The minimum atomic E-state index is -0.179. The first kappa shape index (κ1) is 11.4. The molecule has 0 aromatic carbocycles. The van der Waals surface area contributed by atoms with E-state index in [1.165, 1.54) is 0 Å². The Bertz CT molecular complexity index is 204. The SMILES string of the molecule is C=CCCCC(=O)C1(CC)CCCN1. The van der Waals surface area contributed by atoms with Gasteiger partial charge in [-0.3, -0.25) is 4.79 Å². The quantitative estimate of drug-likeness (QED) is 0.521. The highest BCUT2D eigenvalue weighted by Crippen LogP contribution is 2.25. The van der Waals surface area contributed by atoms with E-state index in [0.29, 0.717) is 12.2 Å². The lowest BCUT2D eigenvalue weighted by molar-refractivity contribution is -0.125. The molecular weight excluding hydrogens is 174 g/mol. The first-order chi connectivity index (χ1) is 6.75. The maximum atomic E-state index is 12.0. The number of hydrogen-bond acceptors (Lipinski definition) is 2. The van der Waals surface area contributed by atoms with E-state index in [4.69, 9.17) is 0 Å². The number of ketones is 1. The number of unbranched alkanes of at least 4 members (excludes halogenated alkanes) is 1. The Labute approximate surface area is 86.8 Å². The number of carbonyl (C=O) groups excluding carboxylic acids is 1. The van der Waals surface area contributed by atoms with Gasteiger partial charge in [-0.2, -0.15) is 0 Å². The molecule has 0 aliphatic carbocycles. The van der Waals surface area contributed by atoms with Crippen LogP contribution in [0.25, 0.3) is 0 Å². The van der Waals surface area contributed by atoms with Crippen molar-refractivity contribution in [3.8, 4) is 0 Å². The molecule has 0 aromatic rings. The molecule has 2 nitrogen and oxygen atoms in total. The number of carbonyl (C=O) groups is 1. The van der Waals surface area contributed by atoms with Crippen LogP contribution in [-0.2, 0) is 4.79 Å². The largest absolute Gasteiger partial charge is 0.305 e. The Morgan fingerprint density at radius 2 is 2.43 bits per heavy atom. The highest BCUT2D eigenvalue weighted by atomic mass is 16.1. The smallest absolute Gasteiger partial charge is 0.152 e. The molecule has 0 spiro atoms. The second-order valence-corrected chi connectivity index (χ2v) is 4.07. The molecule has 1 fully saturated rings. The van der Waals surface area contributed by atoms with E-state index in [-0.39, 0.29) is 5.54 Å². The van der Waals surface area contributed by atoms with E-state index in [1.807, 2.05) is 6.08 Å². The Hall–Kier alpha value is -0.630. The molecule has 0 radical (unpaired) electrons. The van der Waals surface area contributed by atoms with Crippen LogP contribution in [0.4, 0.5) is 0 Å². The van der Waals surface area contributed by atoms with Gasteiger partial charge in [0.25, 0.3) is 0 Å². The minimum absolute atomic E-state index is 0.179. The Balaban J connectivity index is 2.43. The van der Waals surface area contributed by atoms with Gasteiger partial charge in [-0.15, -0.1) is 6.58 Å². The van der Waals surface area contributed by atoms with Crippen LogP contribution in [0.1, 0.15) is 45.4 Å². The van der Waals surface area contributed by atoms with Crippen LogP contribution in [0, 0.1) is 0 Å². The zero-order valence-electron chi connectivity index (χ0n) is 9.14. The van der Waals surface area contributed by atoms with Crippen molar-refractivity contribution >= 4 is 5.78 Å². The summed E-state index contributed by atoms with van der Waals surface area (Å²) in [6, 6.07) is 0. The average molecular weight is 195 g/mol. The minimum Gasteiger partial charge on any atom is -0.305 e. The van der Waals surface area contributed by atoms with Crippen molar-refractivity contribution < 1.29 is 4.79 Å². The average Bonchev–Trinajstić information content (AvgIpc) is 2.67. The van der Waals surface area contributed by atoms with Crippen LogP contribution < -0.4 is 5.32 Å². The maximum Gasteiger partial charge on any atom is 0.152 e. The lowest BCUT2D eigenvalue weighted by Crippen LogP contribution is -2.46. The van der Waals surface area contributed by atoms with Gasteiger partial charge in [0.15, 0.2) is 5.78 Å². The van der Waals surface area contributed by atoms with Crippen molar-refractivity contribution in [2.75, 3.05) is 6.54 Å². The summed E-state index contributed by atoms with van der Waals surface area (Å²) < 4.78 is 0. The van der Waals surface area contributed by atoms with Gasteiger partial charge in [-0.1, -0.05) is 13.0 Å². The third kappa shape index (κ3) is 2.44. The lowest BCUT2D eigenvalue weighted by atomic mass is 9.86. The van der Waals surface area contributed by atoms with Crippen LogP contribution in [0.15, 0.2) is 12.7 Å². The van der Waals surface area contributed by atoms with Gasteiger partial charge in [0, 0.05) is 6.42 Å². The summed E-state index contributed by atoms with van der Waals surface area (Å²) in [7, 11) is 0. The third-order valence-corrected chi connectivity index (χ3v) is 3.19. The Morgan fingerprint density at radius 3 is 2.93 bits per heavy atom. The molecular formula is C12H21NO. The molecule has 0 amide bonds. The normalized spacial score (nSPS) is 26.4. The van der Waals surface area contributed by atoms with Gasteiger partial charge in [0.05, 0.1) is 5.54 Å². The molecule has 1 N–H and O–H groups in total. The summed E-state index contributed by atoms with van der Waals surface area (Å²) in [4.78, 5) is 12.0. The lowest BCUT2D eigenvalue weighted by Gasteiger charge is -2.26. The zero-order chi connectivity index (χ0) is 10.4. The molecule has 14 heavy (non-hydrogen) atoms. The molecule has 0 bridgehead atoms. The molecule has 2 heteroatoms. The third-order valence-electron chi connectivity index (χ3n) is 3.19. The van der Waals surface area contributed by atoms with Crippen molar-refractivity contribution in [2.24, 2.45) is 0 Å². The fraction of sp³-hybridized carbons (Fsp3) is 0.750. The van der Waals surface area contributed by atoms with Gasteiger partial charge in [-0.05, 0) is 38.6 Å². The van der Waals surface area contributed by atoms with Gasteiger partial charge in [-0.25, -0.2) is 0 Å². The Morgan fingerprint density at radius 1 is 1.64 bits per heavy atom. The van der Waals surface area contributed by atoms with E-state index in [2.05, 4.69) is 18.8 Å². The summed E-state index contributed by atoms with van der Waals surface area (Å²) in [5, 5.41) is 3.37. The summed E-state index contributed by atoms with van der Waals surface area (Å²) >= 11 is 0. The maximum absolute atomic E-state index is 12.0. The van der Waals surface area contributed by atoms with Crippen molar-refractivity contribution in [1.29, 1.82) is 0 Å². The first-order valence-electron chi connectivity index (χ1n) is 5.64. The molecule has 1 aliphatic heterocycles. The monoisotopic (exact) mass is 195 g/mol. The second kappa shape index (κ2) is 5.30. The van der Waals surface area contributed by atoms with Crippen LogP contribution in [-0.4, -0.2) is 17.9 Å². The van der Waals surface area contributed by atoms with Gasteiger partial charge < -0.3 is 5.32 Å². The Kier molecular flexibility index (Phi) is 4.33. The fourth-order valence-electron chi connectivity index (χ4n) is 2.19. The highest BCUT2D eigenvalue weighted by molar-refractivity contribution is 5.88. The van der Waals surface area contributed by atoms with Crippen LogP contribution >= 0.6 is 0 Å². The topological polar surface area (TPSA) is 29.1 Å². The summed E-state index contributed by atoms with van der Waals surface area (Å²) in [5.74, 6) is 0.402. The summed E-state index contributed by atoms with van der Waals surface area (Å²) in [5.41, 5.74) is -0.179. The summed E-state index contributed by atoms with van der Waals surface area (Å²) in [6.07, 6.45) is 7.58. The standard InChI is InChI=1S/C12H21NO/c1-3-5-6-8-11(14)12(4-2)9-7-10-13-12/h3,13H,1,4-10H2,2H3. The van der Waals surface area contributed by atoms with Crippen molar-refractivity contribution in [3.63, 3.8) is 0 Å². The summed E-state index contributed by atoms with van der Waals surface area (Å²) in [6.45, 7) is 6.77. The number of nitrogens with one attached hydrogen (secondary N) is 1. The van der Waals surface area contributed by atoms with E-state index < -0.39 is 0 Å². The number of allylic oxidation sites excluding steroid dienone is 1.